The van der Waals surface area contributed by atoms with Gasteiger partial charge in [0.25, 0.3) is 0 Å². The van der Waals surface area contributed by atoms with Gasteiger partial charge >= 0.3 is 0 Å². The Hall–Kier alpha value is -2.50. The summed E-state index contributed by atoms with van der Waals surface area (Å²) in [6.07, 6.45) is 3.26. The van der Waals surface area contributed by atoms with Crippen molar-refractivity contribution < 1.29 is 13.9 Å². The van der Waals surface area contributed by atoms with Crippen LogP contribution in [0.2, 0.25) is 5.02 Å². The highest BCUT2D eigenvalue weighted by atomic mass is 35.5. The first-order valence-corrected chi connectivity index (χ1v) is 9.48. The van der Waals surface area contributed by atoms with Gasteiger partial charge in [0.15, 0.2) is 11.6 Å². The second kappa shape index (κ2) is 8.25. The molecule has 0 aliphatic carbocycles. The molecule has 1 heterocycles. The lowest BCUT2D eigenvalue weighted by Crippen LogP contribution is -2.09. The smallest absolute Gasteiger partial charge is 0.163 e. The minimum absolute atomic E-state index is 0.0117. The fraction of sp³-hybridized carbons (Fsp3) is 0.273. The van der Waals surface area contributed by atoms with E-state index in [1.165, 1.54) is 6.92 Å². The molecule has 0 N–H and O–H groups in total. The molecule has 0 saturated carbocycles. The van der Waals surface area contributed by atoms with Crippen LogP contribution in [0.25, 0.3) is 22.3 Å². The monoisotopic (exact) mass is 400 g/mol. The van der Waals surface area contributed by atoms with Gasteiger partial charge < -0.3 is 4.74 Å². The maximum atomic E-state index is 15.0. The highest BCUT2D eigenvalue weighted by Gasteiger charge is 2.26. The molecule has 0 amide bonds. The van der Waals surface area contributed by atoms with Crippen molar-refractivity contribution in [2.45, 2.75) is 33.9 Å². The minimum atomic E-state index is -0.690. The topological polar surface area (TPSA) is 44.1 Å². The summed E-state index contributed by atoms with van der Waals surface area (Å²) in [4.78, 5) is 12.4. The van der Waals surface area contributed by atoms with Gasteiger partial charge in [-0.05, 0) is 44.4 Å². The van der Waals surface area contributed by atoms with Crippen molar-refractivity contribution in [1.82, 2.24) is 9.78 Å². The zero-order valence-electron chi connectivity index (χ0n) is 16.3. The second-order valence-corrected chi connectivity index (χ2v) is 6.94. The van der Waals surface area contributed by atoms with Crippen molar-refractivity contribution in [2.24, 2.45) is 0 Å². The molecule has 146 valence electrons. The Morgan fingerprint density at radius 3 is 2.54 bits per heavy atom. The molecule has 6 heteroatoms. The fourth-order valence-electron chi connectivity index (χ4n) is 3.37. The Morgan fingerprint density at radius 2 is 1.93 bits per heavy atom. The lowest BCUT2D eigenvalue weighted by molar-refractivity contribution is 0.0160. The molecule has 0 spiro atoms. The Morgan fingerprint density at radius 1 is 1.25 bits per heavy atom. The summed E-state index contributed by atoms with van der Waals surface area (Å²) in [7, 11) is 0. The number of Topliss-reactive ketones (excluding diaryl/α,β-unsaturated/α-hetero) is 1. The number of aromatic nitrogens is 2. The number of carbonyl (C=O) groups excluding carboxylic acids is 1. The molecule has 4 nitrogen and oxygen atoms in total. The first-order valence-electron chi connectivity index (χ1n) is 9.10. The highest BCUT2D eigenvalue weighted by Crippen LogP contribution is 2.42. The van der Waals surface area contributed by atoms with Crippen LogP contribution in [0.3, 0.4) is 0 Å². The van der Waals surface area contributed by atoms with Crippen molar-refractivity contribution in [3.63, 3.8) is 0 Å². The average molecular weight is 401 g/mol. The number of ketones is 1. The number of halogens is 2. The minimum Gasteiger partial charge on any atom is -0.357 e. The molecule has 0 aliphatic heterocycles. The average Bonchev–Trinajstić information content (AvgIpc) is 3.16. The van der Waals surface area contributed by atoms with E-state index >= 15 is 0 Å². The zero-order chi connectivity index (χ0) is 20.4. The Kier molecular flexibility index (Phi) is 5.96. The Balaban J connectivity index is 2.33. The van der Waals surface area contributed by atoms with Gasteiger partial charge in [0.1, 0.15) is 6.23 Å². The van der Waals surface area contributed by atoms with E-state index in [4.69, 9.17) is 16.3 Å². The molecule has 0 bridgehead atoms. The lowest BCUT2D eigenvalue weighted by atomic mass is 9.87. The van der Waals surface area contributed by atoms with Gasteiger partial charge in [-0.2, -0.15) is 5.10 Å². The third-order valence-corrected chi connectivity index (χ3v) is 5.15. The van der Waals surface area contributed by atoms with E-state index in [0.29, 0.717) is 23.3 Å². The highest BCUT2D eigenvalue weighted by molar-refractivity contribution is 6.33. The molecule has 3 rings (SSSR count). The Labute approximate surface area is 168 Å². The van der Waals surface area contributed by atoms with Gasteiger partial charge in [-0.1, -0.05) is 41.9 Å². The third kappa shape index (κ3) is 3.60. The van der Waals surface area contributed by atoms with E-state index in [0.717, 1.165) is 11.1 Å². The number of benzene rings is 2. The van der Waals surface area contributed by atoms with Gasteiger partial charge in [-0.15, -0.1) is 0 Å². The molecule has 0 radical (unpaired) electrons. The maximum Gasteiger partial charge on any atom is 0.163 e. The summed E-state index contributed by atoms with van der Waals surface area (Å²) in [5.74, 6) is -1.07. The number of nitrogens with zero attached hydrogens (tertiary/aromatic N) is 2. The lowest BCUT2D eigenvalue weighted by Gasteiger charge is -2.18. The summed E-state index contributed by atoms with van der Waals surface area (Å²) in [5, 5.41) is 4.33. The van der Waals surface area contributed by atoms with E-state index < -0.39 is 5.82 Å². The number of carbonyl (C=O) groups is 1. The quantitative estimate of drug-likeness (QED) is 0.471. The molecule has 1 aromatic heterocycles. The van der Waals surface area contributed by atoms with Crippen LogP contribution in [0.4, 0.5) is 4.39 Å². The van der Waals surface area contributed by atoms with Crippen LogP contribution in [-0.2, 0) is 4.74 Å². The third-order valence-electron chi connectivity index (χ3n) is 4.70. The van der Waals surface area contributed by atoms with Crippen molar-refractivity contribution in [1.29, 1.82) is 0 Å². The number of hydrogen-bond acceptors (Lipinski definition) is 3. The molecular formula is C22H22ClFN2O2. The van der Waals surface area contributed by atoms with Crippen LogP contribution in [-0.4, -0.2) is 22.2 Å². The predicted octanol–water partition coefficient (Wildman–Crippen LogP) is 6.08. The first kappa shape index (κ1) is 20.2. The van der Waals surface area contributed by atoms with Crippen LogP contribution in [0.15, 0.2) is 42.7 Å². The Bertz CT molecular complexity index is 1020. The second-order valence-electron chi connectivity index (χ2n) is 6.56. The van der Waals surface area contributed by atoms with Gasteiger partial charge in [0, 0.05) is 23.9 Å². The van der Waals surface area contributed by atoms with E-state index in [9.17, 15) is 9.18 Å². The van der Waals surface area contributed by atoms with Crippen molar-refractivity contribution >= 4 is 17.4 Å². The molecular weight excluding hydrogens is 379 g/mol. The molecule has 0 aliphatic rings. The summed E-state index contributed by atoms with van der Waals surface area (Å²) < 4.78 is 22.3. The first-order chi connectivity index (χ1) is 13.4. The number of hydrogen-bond donors (Lipinski definition) is 0. The van der Waals surface area contributed by atoms with E-state index in [2.05, 4.69) is 5.10 Å². The SMILES string of the molecule is CCOC(C)n1cc(-c2c(C)c(Cl)c(F)c(C(C)=O)c2-c2ccccc2)cn1. The summed E-state index contributed by atoms with van der Waals surface area (Å²) >= 11 is 6.28. The molecule has 0 saturated heterocycles. The molecule has 0 fully saturated rings. The number of ether oxygens (including phenoxy) is 1. The summed E-state index contributed by atoms with van der Waals surface area (Å²) in [6, 6.07) is 9.28. The van der Waals surface area contributed by atoms with Crippen LogP contribution in [0, 0.1) is 12.7 Å². The van der Waals surface area contributed by atoms with Crippen LogP contribution >= 0.6 is 11.6 Å². The van der Waals surface area contributed by atoms with Crippen molar-refractivity contribution in [3.8, 4) is 22.3 Å². The largest absolute Gasteiger partial charge is 0.357 e. The van der Waals surface area contributed by atoms with Crippen LogP contribution in [0.1, 0.15) is 42.9 Å². The molecule has 1 unspecified atom stereocenters. The van der Waals surface area contributed by atoms with Gasteiger partial charge in [0.05, 0.1) is 16.8 Å². The zero-order valence-corrected chi connectivity index (χ0v) is 17.0. The molecule has 2 aromatic carbocycles. The van der Waals surface area contributed by atoms with Gasteiger partial charge in [-0.25, -0.2) is 9.07 Å². The van der Waals surface area contributed by atoms with Crippen LogP contribution in [0.5, 0.6) is 0 Å². The van der Waals surface area contributed by atoms with Crippen LogP contribution < -0.4 is 0 Å². The molecule has 28 heavy (non-hydrogen) atoms. The van der Waals surface area contributed by atoms with Crippen molar-refractivity contribution in [2.75, 3.05) is 6.61 Å². The van der Waals surface area contributed by atoms with Crippen molar-refractivity contribution in [3.05, 3.63) is 64.7 Å². The standard InChI is InChI=1S/C22H22ClFN2O2/c1-5-28-15(4)26-12-17(11-25-26)18-13(2)21(23)22(24)19(14(3)27)20(18)16-9-7-6-8-10-16/h6-12,15H,5H2,1-4H3. The predicted molar refractivity (Wildman–Crippen MR) is 109 cm³/mol. The van der Waals surface area contributed by atoms with Gasteiger partial charge in [-0.3, -0.25) is 4.79 Å². The van der Waals surface area contributed by atoms with Gasteiger partial charge in [0.2, 0.25) is 0 Å². The maximum absolute atomic E-state index is 15.0. The van der Waals surface area contributed by atoms with E-state index in [1.807, 2.05) is 50.4 Å². The summed E-state index contributed by atoms with van der Waals surface area (Å²) in [5.41, 5.74) is 3.25. The van der Waals surface area contributed by atoms with E-state index in [-0.39, 0.29) is 22.6 Å². The summed E-state index contributed by atoms with van der Waals surface area (Å²) in [6.45, 7) is 7.46. The normalized spacial score (nSPS) is 12.2. The van der Waals surface area contributed by atoms with E-state index in [1.54, 1.807) is 17.8 Å². The number of rotatable bonds is 6. The fourth-order valence-corrected chi connectivity index (χ4v) is 3.56. The molecule has 3 aromatic rings. The molecule has 1 atom stereocenters.